The third-order valence-corrected chi connectivity index (χ3v) is 5.56. The van der Waals surface area contributed by atoms with Gasteiger partial charge in [-0.05, 0) is 37.1 Å². The zero-order valence-corrected chi connectivity index (χ0v) is 16.3. The van der Waals surface area contributed by atoms with E-state index < -0.39 is 0 Å². The van der Waals surface area contributed by atoms with Gasteiger partial charge in [-0.3, -0.25) is 14.6 Å². The number of halogens is 1. The maximum Gasteiger partial charge on any atom is 0.224 e. The summed E-state index contributed by atoms with van der Waals surface area (Å²) in [5.41, 5.74) is 1.30. The zero-order valence-electron chi connectivity index (χ0n) is 14.8. The minimum Gasteiger partial charge on any atom is -0.379 e. The number of rotatable bonds is 6. The van der Waals surface area contributed by atoms with Crippen LogP contribution >= 0.6 is 15.9 Å². The Bertz CT molecular complexity index is 546. The molecule has 25 heavy (non-hydrogen) atoms. The summed E-state index contributed by atoms with van der Waals surface area (Å²) in [5.74, 6) is 0.336. The van der Waals surface area contributed by atoms with Gasteiger partial charge in [0.15, 0.2) is 0 Å². The molecule has 1 atom stereocenters. The van der Waals surface area contributed by atoms with E-state index >= 15 is 0 Å². The van der Waals surface area contributed by atoms with Gasteiger partial charge in [0.05, 0.1) is 19.1 Å². The standard InChI is InChI=1S/C19H28BrN3O2/c20-18-5-3-16(4-6-18)14-23-8-1-2-17(15-23)19(24)21-7-9-22-10-12-25-13-11-22/h3-6,17H,1-2,7-15H2,(H,21,24). The molecule has 5 nitrogen and oxygen atoms in total. The predicted molar refractivity (Wildman–Crippen MR) is 102 cm³/mol. The lowest BCUT2D eigenvalue weighted by atomic mass is 9.96. The molecule has 138 valence electrons. The van der Waals surface area contributed by atoms with Crippen LogP contribution in [0.15, 0.2) is 28.7 Å². The lowest BCUT2D eigenvalue weighted by molar-refractivity contribution is -0.126. The molecule has 2 fully saturated rings. The van der Waals surface area contributed by atoms with Crippen molar-refractivity contribution in [3.05, 3.63) is 34.3 Å². The third kappa shape index (κ3) is 6.06. The Kier molecular flexibility index (Phi) is 7.28. The first-order valence-corrected chi connectivity index (χ1v) is 10.0. The van der Waals surface area contributed by atoms with Crippen LogP contribution in [0.3, 0.4) is 0 Å². The van der Waals surface area contributed by atoms with Crippen LogP contribution in [0.4, 0.5) is 0 Å². The number of morpholine rings is 1. The first-order valence-electron chi connectivity index (χ1n) is 9.25. The second-order valence-electron chi connectivity index (χ2n) is 6.95. The first kappa shape index (κ1) is 18.8. The summed E-state index contributed by atoms with van der Waals surface area (Å²) in [4.78, 5) is 17.2. The van der Waals surface area contributed by atoms with E-state index in [4.69, 9.17) is 4.74 Å². The fourth-order valence-corrected chi connectivity index (χ4v) is 3.83. The van der Waals surface area contributed by atoms with E-state index in [2.05, 4.69) is 55.3 Å². The fourth-order valence-electron chi connectivity index (χ4n) is 3.57. The molecule has 1 aromatic carbocycles. The Balaban J connectivity index is 1.40. The van der Waals surface area contributed by atoms with Crippen LogP contribution in [0, 0.1) is 5.92 Å². The summed E-state index contributed by atoms with van der Waals surface area (Å²) >= 11 is 3.48. The van der Waals surface area contributed by atoms with Crippen molar-refractivity contribution in [2.24, 2.45) is 5.92 Å². The van der Waals surface area contributed by atoms with Crippen LogP contribution in [0.2, 0.25) is 0 Å². The molecule has 1 unspecified atom stereocenters. The van der Waals surface area contributed by atoms with Crippen LogP contribution in [-0.4, -0.2) is 68.2 Å². The molecule has 0 aromatic heterocycles. The summed E-state index contributed by atoms with van der Waals surface area (Å²) in [5, 5.41) is 3.14. The number of carbonyl (C=O) groups is 1. The Morgan fingerprint density at radius 1 is 1.16 bits per heavy atom. The Hall–Kier alpha value is -0.950. The number of amides is 1. The van der Waals surface area contributed by atoms with E-state index in [0.29, 0.717) is 0 Å². The molecular formula is C19H28BrN3O2. The van der Waals surface area contributed by atoms with Crippen LogP contribution in [0.25, 0.3) is 0 Å². The van der Waals surface area contributed by atoms with Crippen molar-refractivity contribution in [3.63, 3.8) is 0 Å². The number of nitrogens with zero attached hydrogens (tertiary/aromatic N) is 2. The summed E-state index contributed by atoms with van der Waals surface area (Å²) in [7, 11) is 0. The number of hydrogen-bond donors (Lipinski definition) is 1. The number of hydrogen-bond acceptors (Lipinski definition) is 4. The highest BCUT2D eigenvalue weighted by atomic mass is 79.9. The van der Waals surface area contributed by atoms with Crippen molar-refractivity contribution >= 4 is 21.8 Å². The number of piperidine rings is 1. The van der Waals surface area contributed by atoms with Gasteiger partial charge in [-0.2, -0.15) is 0 Å². The molecule has 1 aromatic rings. The number of carbonyl (C=O) groups excluding carboxylic acids is 1. The maximum absolute atomic E-state index is 12.5. The SMILES string of the molecule is O=C(NCCN1CCOCC1)C1CCCN(Cc2ccc(Br)cc2)C1. The average molecular weight is 410 g/mol. The summed E-state index contributed by atoms with van der Waals surface area (Å²) in [6.45, 7) is 8.08. The topological polar surface area (TPSA) is 44.8 Å². The number of benzene rings is 1. The predicted octanol–water partition coefficient (Wildman–Crippen LogP) is 2.11. The highest BCUT2D eigenvalue weighted by Crippen LogP contribution is 2.19. The van der Waals surface area contributed by atoms with Gasteiger partial charge in [0.2, 0.25) is 5.91 Å². The average Bonchev–Trinajstić information content (AvgIpc) is 2.65. The van der Waals surface area contributed by atoms with Crippen molar-refractivity contribution in [2.45, 2.75) is 19.4 Å². The van der Waals surface area contributed by atoms with E-state index in [9.17, 15) is 4.79 Å². The molecule has 2 saturated heterocycles. The Morgan fingerprint density at radius 2 is 1.92 bits per heavy atom. The molecule has 2 aliphatic heterocycles. The van der Waals surface area contributed by atoms with Crippen molar-refractivity contribution < 1.29 is 9.53 Å². The van der Waals surface area contributed by atoms with E-state index in [1.807, 2.05) is 0 Å². The molecule has 3 rings (SSSR count). The normalized spacial score (nSPS) is 22.7. The molecular weight excluding hydrogens is 382 g/mol. The van der Waals surface area contributed by atoms with Crippen LogP contribution < -0.4 is 5.32 Å². The second-order valence-corrected chi connectivity index (χ2v) is 7.86. The molecule has 1 amide bonds. The number of ether oxygens (including phenoxy) is 1. The lowest BCUT2D eigenvalue weighted by Crippen LogP contribution is -2.45. The quantitative estimate of drug-likeness (QED) is 0.781. The Labute approximate surface area is 158 Å². The maximum atomic E-state index is 12.5. The van der Waals surface area contributed by atoms with Gasteiger partial charge in [0.1, 0.15) is 0 Å². The van der Waals surface area contributed by atoms with Gasteiger partial charge >= 0.3 is 0 Å². The van der Waals surface area contributed by atoms with E-state index in [1.165, 1.54) is 5.56 Å². The van der Waals surface area contributed by atoms with Gasteiger partial charge in [-0.25, -0.2) is 0 Å². The van der Waals surface area contributed by atoms with E-state index in [0.717, 1.165) is 76.3 Å². The van der Waals surface area contributed by atoms with Gasteiger partial charge in [-0.1, -0.05) is 28.1 Å². The second kappa shape index (κ2) is 9.67. The zero-order chi connectivity index (χ0) is 17.5. The van der Waals surface area contributed by atoms with Crippen LogP contribution in [0.5, 0.6) is 0 Å². The van der Waals surface area contributed by atoms with Gasteiger partial charge < -0.3 is 10.1 Å². The van der Waals surface area contributed by atoms with Crippen molar-refractivity contribution in [2.75, 3.05) is 52.5 Å². The third-order valence-electron chi connectivity index (χ3n) is 5.03. The van der Waals surface area contributed by atoms with Crippen molar-refractivity contribution in [1.29, 1.82) is 0 Å². The molecule has 0 saturated carbocycles. The van der Waals surface area contributed by atoms with Crippen LogP contribution in [-0.2, 0) is 16.1 Å². The van der Waals surface area contributed by atoms with Crippen LogP contribution in [0.1, 0.15) is 18.4 Å². The monoisotopic (exact) mass is 409 g/mol. The minimum atomic E-state index is 0.119. The molecule has 6 heteroatoms. The van der Waals surface area contributed by atoms with E-state index in [-0.39, 0.29) is 11.8 Å². The highest BCUT2D eigenvalue weighted by Gasteiger charge is 2.25. The molecule has 0 aliphatic carbocycles. The molecule has 0 bridgehead atoms. The Morgan fingerprint density at radius 3 is 2.68 bits per heavy atom. The smallest absolute Gasteiger partial charge is 0.224 e. The molecule has 0 radical (unpaired) electrons. The lowest BCUT2D eigenvalue weighted by Gasteiger charge is -2.32. The van der Waals surface area contributed by atoms with Gasteiger partial charge in [0, 0.05) is 43.7 Å². The summed E-state index contributed by atoms with van der Waals surface area (Å²) in [6, 6.07) is 8.45. The van der Waals surface area contributed by atoms with Gasteiger partial charge in [0.25, 0.3) is 0 Å². The molecule has 2 heterocycles. The van der Waals surface area contributed by atoms with Crippen molar-refractivity contribution in [1.82, 2.24) is 15.1 Å². The minimum absolute atomic E-state index is 0.119. The molecule has 2 aliphatic rings. The number of likely N-dealkylation sites (tertiary alicyclic amines) is 1. The van der Waals surface area contributed by atoms with Gasteiger partial charge in [-0.15, -0.1) is 0 Å². The summed E-state index contributed by atoms with van der Waals surface area (Å²) in [6.07, 6.45) is 2.10. The number of nitrogens with one attached hydrogen (secondary N) is 1. The largest absolute Gasteiger partial charge is 0.379 e. The summed E-state index contributed by atoms with van der Waals surface area (Å²) < 4.78 is 6.46. The fraction of sp³-hybridized carbons (Fsp3) is 0.632. The van der Waals surface area contributed by atoms with Crippen molar-refractivity contribution in [3.8, 4) is 0 Å². The molecule has 0 spiro atoms. The first-order chi connectivity index (χ1) is 12.2. The molecule has 1 N–H and O–H groups in total. The highest BCUT2D eigenvalue weighted by molar-refractivity contribution is 9.10. The van der Waals surface area contributed by atoms with E-state index in [1.54, 1.807) is 0 Å².